The van der Waals surface area contributed by atoms with Crippen LogP contribution in [0.1, 0.15) is 31.9 Å². The molecule has 0 heterocycles. The van der Waals surface area contributed by atoms with Crippen molar-refractivity contribution >= 4 is 39.1 Å². The molecule has 12 heteroatoms. The summed E-state index contributed by atoms with van der Waals surface area (Å²) in [6.07, 6.45) is -3.92. The van der Waals surface area contributed by atoms with E-state index in [1.54, 1.807) is 38.1 Å². The molecule has 0 spiro atoms. The van der Waals surface area contributed by atoms with Gasteiger partial charge in [-0.15, -0.1) is 0 Å². The van der Waals surface area contributed by atoms with Gasteiger partial charge in [-0.05, 0) is 50.6 Å². The van der Waals surface area contributed by atoms with Crippen LogP contribution in [0.4, 0.5) is 18.9 Å². The summed E-state index contributed by atoms with van der Waals surface area (Å²) >= 11 is 6.22. The van der Waals surface area contributed by atoms with Gasteiger partial charge in [-0.3, -0.25) is 13.9 Å². The Morgan fingerprint density at radius 1 is 1.06 bits per heavy atom. The van der Waals surface area contributed by atoms with E-state index in [4.69, 9.17) is 11.6 Å². The number of sulfonamides is 1. The number of hydrogen-bond donors (Lipinski definition) is 1. The summed E-state index contributed by atoms with van der Waals surface area (Å²) in [5, 5.41) is 3.03. The van der Waals surface area contributed by atoms with Crippen LogP contribution in [0.15, 0.2) is 48.5 Å². The molecule has 0 saturated heterocycles. The van der Waals surface area contributed by atoms with Gasteiger partial charge in [-0.2, -0.15) is 13.2 Å². The van der Waals surface area contributed by atoms with Crippen LogP contribution >= 0.6 is 11.6 Å². The zero-order valence-corrected chi connectivity index (χ0v) is 21.2. The Balaban J connectivity index is 2.46. The second-order valence-corrected chi connectivity index (χ2v) is 10.6. The molecular formula is C23H27ClF3N3O4S. The standard InChI is InChI=1S/C23H27ClF3N3O4S/c1-15(2)28-22(32)16(3)29(13-17-8-5-6-11-20(17)24)21(31)14-30(35(4,33)34)19-10-7-9-18(12-19)23(25,26)27/h5-12,15-16H,13-14H2,1-4H3,(H,28,32)/t16-/m0/s1. The summed E-state index contributed by atoms with van der Waals surface area (Å²) in [5.41, 5.74) is -0.877. The second-order valence-electron chi connectivity index (χ2n) is 8.27. The highest BCUT2D eigenvalue weighted by Crippen LogP contribution is 2.32. The molecule has 1 atom stereocenters. The van der Waals surface area contributed by atoms with Gasteiger partial charge in [-0.1, -0.05) is 35.9 Å². The highest BCUT2D eigenvalue weighted by molar-refractivity contribution is 7.92. The van der Waals surface area contributed by atoms with Crippen LogP contribution in [0.3, 0.4) is 0 Å². The Morgan fingerprint density at radius 3 is 2.23 bits per heavy atom. The number of carbonyl (C=O) groups is 2. The van der Waals surface area contributed by atoms with Crippen molar-refractivity contribution in [1.29, 1.82) is 0 Å². The zero-order chi connectivity index (χ0) is 26.6. The maximum atomic E-state index is 13.4. The van der Waals surface area contributed by atoms with Crippen molar-refractivity contribution in [3.05, 3.63) is 64.7 Å². The SMILES string of the molecule is CC(C)NC(=O)[C@H](C)N(Cc1ccccc1Cl)C(=O)CN(c1cccc(C(F)(F)F)c1)S(C)(=O)=O. The van der Waals surface area contributed by atoms with Gasteiger partial charge in [0.15, 0.2) is 0 Å². The molecule has 2 aromatic rings. The van der Waals surface area contributed by atoms with Crippen LogP contribution in [-0.2, 0) is 32.3 Å². The predicted molar refractivity (Wildman–Crippen MR) is 128 cm³/mol. The number of benzene rings is 2. The summed E-state index contributed by atoms with van der Waals surface area (Å²) in [6.45, 7) is 4.02. The zero-order valence-electron chi connectivity index (χ0n) is 19.6. The van der Waals surface area contributed by atoms with Gasteiger partial charge < -0.3 is 10.2 Å². The fourth-order valence-electron chi connectivity index (χ4n) is 3.25. The van der Waals surface area contributed by atoms with E-state index < -0.39 is 46.2 Å². The average molecular weight is 534 g/mol. The number of anilines is 1. The largest absolute Gasteiger partial charge is 0.416 e. The fraction of sp³-hybridized carbons (Fsp3) is 0.391. The number of alkyl halides is 3. The molecule has 0 aromatic heterocycles. The van der Waals surface area contributed by atoms with Gasteiger partial charge in [0.1, 0.15) is 12.6 Å². The van der Waals surface area contributed by atoms with Gasteiger partial charge >= 0.3 is 6.18 Å². The molecule has 2 aromatic carbocycles. The molecule has 0 radical (unpaired) electrons. The van der Waals surface area contributed by atoms with Crippen LogP contribution in [0.5, 0.6) is 0 Å². The first kappa shape index (κ1) is 28.4. The molecular weight excluding hydrogens is 507 g/mol. The smallest absolute Gasteiger partial charge is 0.352 e. The van der Waals surface area contributed by atoms with E-state index in [9.17, 15) is 31.2 Å². The van der Waals surface area contributed by atoms with Crippen molar-refractivity contribution in [2.75, 3.05) is 17.1 Å². The minimum atomic E-state index is -4.71. The van der Waals surface area contributed by atoms with E-state index in [2.05, 4.69) is 5.32 Å². The molecule has 0 aliphatic heterocycles. The minimum absolute atomic E-state index is 0.120. The normalized spacial score (nSPS) is 12.8. The topological polar surface area (TPSA) is 86.8 Å². The molecule has 1 N–H and O–H groups in total. The third-order valence-corrected chi connectivity index (χ3v) is 6.55. The van der Waals surface area contributed by atoms with Crippen molar-refractivity contribution < 1.29 is 31.2 Å². The van der Waals surface area contributed by atoms with E-state index in [1.807, 2.05) is 0 Å². The van der Waals surface area contributed by atoms with Gasteiger partial charge in [0.25, 0.3) is 0 Å². The number of rotatable bonds is 9. The van der Waals surface area contributed by atoms with Crippen molar-refractivity contribution in [2.24, 2.45) is 0 Å². The highest BCUT2D eigenvalue weighted by atomic mass is 35.5. The fourth-order valence-corrected chi connectivity index (χ4v) is 4.29. The number of nitrogens with zero attached hydrogens (tertiary/aromatic N) is 2. The molecule has 0 unspecified atom stereocenters. The molecule has 0 aliphatic carbocycles. The van der Waals surface area contributed by atoms with Crippen molar-refractivity contribution in [3.8, 4) is 0 Å². The molecule has 0 aliphatic rings. The molecule has 192 valence electrons. The van der Waals surface area contributed by atoms with E-state index in [-0.39, 0.29) is 18.3 Å². The predicted octanol–water partition coefficient (Wildman–Crippen LogP) is 4.07. The number of hydrogen-bond acceptors (Lipinski definition) is 4. The lowest BCUT2D eigenvalue weighted by atomic mass is 10.1. The van der Waals surface area contributed by atoms with Gasteiger partial charge in [0.2, 0.25) is 21.8 Å². The molecule has 0 bridgehead atoms. The summed E-state index contributed by atoms with van der Waals surface area (Å²) in [5.74, 6) is -1.27. The molecule has 2 rings (SSSR count). The lowest BCUT2D eigenvalue weighted by molar-refractivity contribution is -0.139. The van der Waals surface area contributed by atoms with Crippen LogP contribution in [0, 0.1) is 0 Å². The van der Waals surface area contributed by atoms with E-state index in [1.165, 1.54) is 6.92 Å². The van der Waals surface area contributed by atoms with Gasteiger partial charge in [-0.25, -0.2) is 8.42 Å². The van der Waals surface area contributed by atoms with E-state index in [0.717, 1.165) is 29.4 Å². The summed E-state index contributed by atoms with van der Waals surface area (Å²) in [7, 11) is -4.16. The molecule has 7 nitrogen and oxygen atoms in total. The molecule has 0 saturated carbocycles. The summed E-state index contributed by atoms with van der Waals surface area (Å²) in [6, 6.07) is 9.05. The number of halogens is 4. The van der Waals surface area contributed by atoms with E-state index in [0.29, 0.717) is 21.0 Å². The summed E-state index contributed by atoms with van der Waals surface area (Å²) < 4.78 is 65.1. The van der Waals surface area contributed by atoms with Gasteiger partial charge in [0, 0.05) is 17.6 Å². The Bertz CT molecular complexity index is 1170. The van der Waals surface area contributed by atoms with Crippen LogP contribution in [0.25, 0.3) is 0 Å². The van der Waals surface area contributed by atoms with Crippen LogP contribution in [0.2, 0.25) is 5.02 Å². The van der Waals surface area contributed by atoms with Crippen LogP contribution in [-0.4, -0.2) is 50.0 Å². The van der Waals surface area contributed by atoms with Crippen LogP contribution < -0.4 is 9.62 Å². The maximum absolute atomic E-state index is 13.4. The molecule has 35 heavy (non-hydrogen) atoms. The minimum Gasteiger partial charge on any atom is -0.352 e. The van der Waals surface area contributed by atoms with Crippen molar-refractivity contribution in [1.82, 2.24) is 10.2 Å². The Kier molecular flexibility index (Phi) is 9.18. The number of nitrogens with one attached hydrogen (secondary N) is 1. The van der Waals surface area contributed by atoms with Crippen molar-refractivity contribution in [2.45, 2.75) is 45.6 Å². The highest BCUT2D eigenvalue weighted by Gasteiger charge is 2.33. The second kappa shape index (κ2) is 11.3. The third-order valence-electron chi connectivity index (χ3n) is 5.04. The lowest BCUT2D eigenvalue weighted by Gasteiger charge is -2.32. The Morgan fingerprint density at radius 2 is 1.69 bits per heavy atom. The quantitative estimate of drug-likeness (QED) is 0.526. The summed E-state index contributed by atoms with van der Waals surface area (Å²) in [4.78, 5) is 27.2. The number of amides is 2. The monoisotopic (exact) mass is 533 g/mol. The third kappa shape index (κ3) is 7.86. The Labute approximate surface area is 207 Å². The van der Waals surface area contributed by atoms with Crippen molar-refractivity contribution in [3.63, 3.8) is 0 Å². The first-order chi connectivity index (χ1) is 16.1. The van der Waals surface area contributed by atoms with Gasteiger partial charge in [0.05, 0.1) is 17.5 Å². The Hall–Kier alpha value is -2.79. The average Bonchev–Trinajstić information content (AvgIpc) is 2.74. The lowest BCUT2D eigenvalue weighted by Crippen LogP contribution is -2.52. The molecule has 0 fully saturated rings. The first-order valence-corrected chi connectivity index (χ1v) is 12.8. The maximum Gasteiger partial charge on any atom is 0.416 e. The number of carbonyl (C=O) groups excluding carboxylic acids is 2. The van der Waals surface area contributed by atoms with E-state index >= 15 is 0 Å². The first-order valence-electron chi connectivity index (χ1n) is 10.6. The molecule has 2 amide bonds.